The number of ether oxygens (including phenoxy) is 1. The van der Waals surface area contributed by atoms with Gasteiger partial charge >= 0.3 is 0 Å². The molecule has 1 aliphatic rings. The molecule has 20 heavy (non-hydrogen) atoms. The summed E-state index contributed by atoms with van der Waals surface area (Å²) in [5.74, 6) is -1.99. The minimum absolute atomic E-state index is 0.0574. The number of aliphatic hydroxyl groups is 1. The lowest BCUT2D eigenvalue weighted by atomic mass is 9.83. The van der Waals surface area contributed by atoms with Crippen molar-refractivity contribution in [1.29, 1.82) is 0 Å². The second-order valence-electron chi connectivity index (χ2n) is 5.37. The van der Waals surface area contributed by atoms with Crippen molar-refractivity contribution in [3.63, 3.8) is 0 Å². The molecule has 0 unspecified atom stereocenters. The van der Waals surface area contributed by atoms with Gasteiger partial charge in [-0.15, -0.1) is 0 Å². The standard InChI is InChI=1S/C14H17F2NO3/c1-9(2)14(19)7-17(8-14)13(18)6-20-12-4-3-10(15)5-11(12)16/h3-5,9,19H,6-8H2,1-2H3. The normalized spacial score (nSPS) is 17.0. The molecule has 1 fully saturated rings. The lowest BCUT2D eigenvalue weighted by molar-refractivity contribution is -0.165. The van der Waals surface area contributed by atoms with Crippen LogP contribution in [-0.4, -0.2) is 41.2 Å². The Kier molecular flexibility index (Phi) is 3.94. The monoisotopic (exact) mass is 285 g/mol. The molecule has 0 bridgehead atoms. The summed E-state index contributed by atoms with van der Waals surface area (Å²) in [6, 6.07) is 2.89. The van der Waals surface area contributed by atoms with Gasteiger partial charge in [-0.3, -0.25) is 4.79 Å². The first kappa shape index (κ1) is 14.7. The van der Waals surface area contributed by atoms with E-state index in [0.717, 1.165) is 12.1 Å². The van der Waals surface area contributed by atoms with Crippen LogP contribution in [0.1, 0.15) is 13.8 Å². The molecule has 0 aliphatic carbocycles. The third-order valence-electron chi connectivity index (χ3n) is 3.60. The third kappa shape index (κ3) is 2.90. The van der Waals surface area contributed by atoms with E-state index < -0.39 is 17.2 Å². The molecule has 1 N–H and O–H groups in total. The molecule has 1 aliphatic heterocycles. The topological polar surface area (TPSA) is 49.8 Å². The number of carbonyl (C=O) groups excluding carboxylic acids is 1. The van der Waals surface area contributed by atoms with Crippen LogP contribution in [0, 0.1) is 17.6 Å². The molecule has 110 valence electrons. The summed E-state index contributed by atoms with van der Waals surface area (Å²) >= 11 is 0. The lowest BCUT2D eigenvalue weighted by Gasteiger charge is -2.48. The van der Waals surface area contributed by atoms with Crippen LogP contribution in [0.2, 0.25) is 0 Å². The summed E-state index contributed by atoms with van der Waals surface area (Å²) in [5, 5.41) is 10.0. The minimum atomic E-state index is -0.850. The zero-order valence-electron chi connectivity index (χ0n) is 11.4. The van der Waals surface area contributed by atoms with Crippen molar-refractivity contribution < 1.29 is 23.4 Å². The maximum atomic E-state index is 13.3. The highest BCUT2D eigenvalue weighted by Crippen LogP contribution is 2.28. The van der Waals surface area contributed by atoms with Crippen molar-refractivity contribution >= 4 is 5.91 Å². The quantitative estimate of drug-likeness (QED) is 0.913. The van der Waals surface area contributed by atoms with Gasteiger partial charge in [0.05, 0.1) is 13.1 Å². The summed E-state index contributed by atoms with van der Waals surface area (Å²) in [7, 11) is 0. The van der Waals surface area contributed by atoms with E-state index in [4.69, 9.17) is 4.74 Å². The van der Waals surface area contributed by atoms with E-state index >= 15 is 0 Å². The van der Waals surface area contributed by atoms with E-state index in [1.165, 1.54) is 4.90 Å². The zero-order valence-corrected chi connectivity index (χ0v) is 11.4. The Morgan fingerprint density at radius 2 is 2.10 bits per heavy atom. The van der Waals surface area contributed by atoms with E-state index in [-0.39, 0.29) is 37.3 Å². The second kappa shape index (κ2) is 5.36. The van der Waals surface area contributed by atoms with Crippen molar-refractivity contribution in [1.82, 2.24) is 4.90 Å². The number of carbonyl (C=O) groups is 1. The van der Waals surface area contributed by atoms with Crippen molar-refractivity contribution in [2.24, 2.45) is 5.92 Å². The van der Waals surface area contributed by atoms with Crippen molar-refractivity contribution in [2.45, 2.75) is 19.4 Å². The maximum Gasteiger partial charge on any atom is 0.260 e. The van der Waals surface area contributed by atoms with Gasteiger partial charge in [0.2, 0.25) is 0 Å². The van der Waals surface area contributed by atoms with Crippen LogP contribution in [0.4, 0.5) is 8.78 Å². The Morgan fingerprint density at radius 3 is 2.65 bits per heavy atom. The second-order valence-corrected chi connectivity index (χ2v) is 5.37. The average molecular weight is 285 g/mol. The van der Waals surface area contributed by atoms with Gasteiger partial charge in [0, 0.05) is 6.07 Å². The number of amides is 1. The third-order valence-corrected chi connectivity index (χ3v) is 3.60. The predicted molar refractivity (Wildman–Crippen MR) is 68.2 cm³/mol. The smallest absolute Gasteiger partial charge is 0.260 e. The first-order chi connectivity index (χ1) is 9.32. The molecule has 0 radical (unpaired) electrons. The van der Waals surface area contributed by atoms with Crippen LogP contribution in [0.3, 0.4) is 0 Å². The predicted octanol–water partition coefficient (Wildman–Crippen LogP) is 1.57. The number of β-amino-alcohol motifs (C(OH)–C–C–N with tert-alkyl or cyclic N) is 1. The Labute approximate surface area is 116 Å². The van der Waals surface area contributed by atoms with Gasteiger partial charge in [-0.05, 0) is 18.1 Å². The number of benzene rings is 1. The molecule has 2 rings (SSSR count). The Hall–Kier alpha value is -1.69. The Bertz CT molecular complexity index is 513. The maximum absolute atomic E-state index is 13.3. The van der Waals surface area contributed by atoms with Crippen molar-refractivity contribution in [3.8, 4) is 5.75 Å². The summed E-state index contributed by atoms with van der Waals surface area (Å²) in [6.07, 6.45) is 0. The fourth-order valence-corrected chi connectivity index (χ4v) is 1.98. The van der Waals surface area contributed by atoms with E-state index in [1.54, 1.807) is 0 Å². The number of hydrogen-bond acceptors (Lipinski definition) is 3. The largest absolute Gasteiger partial charge is 0.481 e. The minimum Gasteiger partial charge on any atom is -0.481 e. The van der Waals surface area contributed by atoms with Gasteiger partial charge in [-0.1, -0.05) is 13.8 Å². The van der Waals surface area contributed by atoms with Gasteiger partial charge in [0.15, 0.2) is 18.2 Å². The Balaban J connectivity index is 1.85. The molecule has 4 nitrogen and oxygen atoms in total. The van der Waals surface area contributed by atoms with E-state index in [1.807, 2.05) is 13.8 Å². The van der Waals surface area contributed by atoms with E-state index in [0.29, 0.717) is 6.07 Å². The van der Waals surface area contributed by atoms with Gasteiger partial charge in [-0.2, -0.15) is 0 Å². The molecule has 0 saturated carbocycles. The van der Waals surface area contributed by atoms with Crippen molar-refractivity contribution in [2.75, 3.05) is 19.7 Å². The summed E-state index contributed by atoms with van der Waals surface area (Å²) < 4.78 is 31.0. The molecule has 1 aromatic rings. The fraction of sp³-hybridized carbons (Fsp3) is 0.500. The van der Waals surface area contributed by atoms with Crippen LogP contribution in [0.25, 0.3) is 0 Å². The van der Waals surface area contributed by atoms with Crippen LogP contribution >= 0.6 is 0 Å². The number of hydrogen-bond donors (Lipinski definition) is 1. The number of halogens is 2. The molecule has 0 spiro atoms. The molecule has 6 heteroatoms. The summed E-state index contributed by atoms with van der Waals surface area (Å²) in [5.41, 5.74) is -0.850. The van der Waals surface area contributed by atoms with Crippen LogP contribution in [-0.2, 0) is 4.79 Å². The van der Waals surface area contributed by atoms with Gasteiger partial charge in [0.25, 0.3) is 5.91 Å². The lowest BCUT2D eigenvalue weighted by Crippen LogP contribution is -2.66. The molecular weight excluding hydrogens is 268 g/mol. The van der Waals surface area contributed by atoms with E-state index in [2.05, 4.69) is 0 Å². The highest BCUT2D eigenvalue weighted by Gasteiger charge is 2.45. The fourth-order valence-electron chi connectivity index (χ4n) is 1.98. The number of likely N-dealkylation sites (tertiary alicyclic amines) is 1. The molecule has 0 aromatic heterocycles. The highest BCUT2D eigenvalue weighted by molar-refractivity contribution is 5.79. The first-order valence-corrected chi connectivity index (χ1v) is 6.40. The molecular formula is C14H17F2NO3. The number of nitrogens with zero attached hydrogens (tertiary/aromatic N) is 1. The van der Waals surface area contributed by atoms with Crippen LogP contribution < -0.4 is 4.74 Å². The van der Waals surface area contributed by atoms with Crippen LogP contribution in [0.5, 0.6) is 5.75 Å². The van der Waals surface area contributed by atoms with E-state index in [9.17, 15) is 18.7 Å². The molecule has 0 atom stereocenters. The molecule has 1 heterocycles. The van der Waals surface area contributed by atoms with Gasteiger partial charge in [-0.25, -0.2) is 8.78 Å². The van der Waals surface area contributed by atoms with Gasteiger partial charge < -0.3 is 14.7 Å². The summed E-state index contributed by atoms with van der Waals surface area (Å²) in [4.78, 5) is 13.2. The summed E-state index contributed by atoms with van der Waals surface area (Å²) in [6.45, 7) is 3.92. The SMILES string of the molecule is CC(C)C1(O)CN(C(=O)COc2ccc(F)cc2F)C1. The molecule has 1 aromatic carbocycles. The highest BCUT2D eigenvalue weighted by atomic mass is 19.1. The van der Waals surface area contributed by atoms with Crippen LogP contribution in [0.15, 0.2) is 18.2 Å². The molecule has 1 saturated heterocycles. The average Bonchev–Trinajstić information content (AvgIpc) is 2.33. The zero-order chi connectivity index (χ0) is 14.9. The molecule has 1 amide bonds. The first-order valence-electron chi connectivity index (χ1n) is 6.40. The van der Waals surface area contributed by atoms with Crippen molar-refractivity contribution in [3.05, 3.63) is 29.8 Å². The Morgan fingerprint density at radius 1 is 1.45 bits per heavy atom. The van der Waals surface area contributed by atoms with Gasteiger partial charge in [0.1, 0.15) is 11.4 Å². The number of rotatable bonds is 4.